The normalized spacial score (nSPS) is 17.9. The monoisotopic (exact) mass is 279 g/mol. The highest BCUT2D eigenvalue weighted by Crippen LogP contribution is 2.10. The summed E-state index contributed by atoms with van der Waals surface area (Å²) < 4.78 is 0. The van der Waals surface area contributed by atoms with Crippen LogP contribution in [0, 0.1) is 0 Å². The van der Waals surface area contributed by atoms with Crippen molar-refractivity contribution in [2.24, 2.45) is 5.73 Å². The van der Waals surface area contributed by atoms with Gasteiger partial charge in [0, 0.05) is 12.6 Å². The number of hydrogen-bond acceptors (Lipinski definition) is 5. The van der Waals surface area contributed by atoms with Gasteiger partial charge in [0.25, 0.3) is 0 Å². The minimum absolute atomic E-state index is 0.278. The first kappa shape index (κ1) is 14.1. The summed E-state index contributed by atoms with van der Waals surface area (Å²) in [6.07, 6.45) is 7.29. The predicted octanol–water partition coefficient (Wildman–Crippen LogP) is 1.40. The van der Waals surface area contributed by atoms with Crippen LogP contribution in [0.25, 0.3) is 0 Å². The summed E-state index contributed by atoms with van der Waals surface area (Å²) in [4.78, 5) is 11.2. The van der Waals surface area contributed by atoms with Crippen molar-refractivity contribution in [2.45, 2.75) is 32.2 Å². The van der Waals surface area contributed by atoms with Gasteiger partial charge in [0.2, 0.25) is 0 Å². The third-order valence-corrected chi connectivity index (χ3v) is 3.49. The Morgan fingerprint density at radius 2 is 2.11 bits per heavy atom. The maximum atomic E-state index is 5.49. The molecular formula is C13H21N5S. The second-order valence-electron chi connectivity index (χ2n) is 5.06. The SMILES string of the molecule is CC(CN1CCCCC1)Nc1cnc(C(N)=S)cn1. The molecule has 6 heteroatoms. The van der Waals surface area contributed by atoms with Crippen LogP contribution in [0.15, 0.2) is 12.4 Å². The second kappa shape index (κ2) is 6.77. The van der Waals surface area contributed by atoms with Crippen LogP contribution in [-0.4, -0.2) is 45.5 Å². The zero-order chi connectivity index (χ0) is 13.7. The highest BCUT2D eigenvalue weighted by Gasteiger charge is 2.13. The number of nitrogens with one attached hydrogen (secondary N) is 1. The van der Waals surface area contributed by atoms with Crippen molar-refractivity contribution in [3.8, 4) is 0 Å². The number of likely N-dealkylation sites (tertiary alicyclic amines) is 1. The Labute approximate surface area is 119 Å². The Hall–Kier alpha value is -1.27. The molecule has 0 aromatic carbocycles. The lowest BCUT2D eigenvalue weighted by Gasteiger charge is -2.29. The van der Waals surface area contributed by atoms with Gasteiger partial charge in [0.05, 0.1) is 12.4 Å². The van der Waals surface area contributed by atoms with Gasteiger partial charge in [-0.3, -0.25) is 0 Å². The van der Waals surface area contributed by atoms with Crippen molar-refractivity contribution in [3.05, 3.63) is 18.1 Å². The van der Waals surface area contributed by atoms with Gasteiger partial charge in [-0.2, -0.15) is 0 Å². The molecular weight excluding hydrogens is 258 g/mol. The zero-order valence-corrected chi connectivity index (χ0v) is 12.1. The highest BCUT2D eigenvalue weighted by atomic mass is 32.1. The van der Waals surface area contributed by atoms with Gasteiger partial charge in [0.1, 0.15) is 16.5 Å². The molecule has 1 unspecified atom stereocenters. The van der Waals surface area contributed by atoms with Gasteiger partial charge in [-0.1, -0.05) is 18.6 Å². The van der Waals surface area contributed by atoms with Crippen molar-refractivity contribution in [2.75, 3.05) is 25.0 Å². The summed E-state index contributed by atoms with van der Waals surface area (Å²) in [6.45, 7) is 5.62. The molecule has 0 saturated carbocycles. The standard InChI is InChI=1S/C13H21N5S/c1-10(9-18-5-3-2-4-6-18)17-12-8-15-11(7-16-12)13(14)19/h7-8,10H,2-6,9H2,1H3,(H2,14,19)(H,16,17). The molecule has 104 valence electrons. The van der Waals surface area contributed by atoms with Gasteiger partial charge in [0.15, 0.2) is 0 Å². The van der Waals surface area contributed by atoms with Gasteiger partial charge in [-0.15, -0.1) is 0 Å². The van der Waals surface area contributed by atoms with Crippen LogP contribution in [0.2, 0.25) is 0 Å². The number of piperidine rings is 1. The van der Waals surface area contributed by atoms with E-state index in [2.05, 4.69) is 27.1 Å². The lowest BCUT2D eigenvalue weighted by molar-refractivity contribution is 0.223. The largest absolute Gasteiger partial charge is 0.388 e. The van der Waals surface area contributed by atoms with E-state index < -0.39 is 0 Å². The minimum atomic E-state index is 0.278. The molecule has 1 saturated heterocycles. The lowest BCUT2D eigenvalue weighted by Crippen LogP contribution is -2.38. The second-order valence-corrected chi connectivity index (χ2v) is 5.50. The first-order valence-electron chi connectivity index (χ1n) is 6.76. The van der Waals surface area contributed by atoms with Gasteiger partial charge in [-0.25, -0.2) is 9.97 Å². The Morgan fingerprint density at radius 1 is 1.37 bits per heavy atom. The van der Waals surface area contributed by atoms with Crippen molar-refractivity contribution in [3.63, 3.8) is 0 Å². The Kier molecular flexibility index (Phi) is 5.04. The van der Waals surface area contributed by atoms with E-state index >= 15 is 0 Å². The van der Waals surface area contributed by atoms with E-state index in [4.69, 9.17) is 18.0 Å². The molecule has 0 aliphatic carbocycles. The van der Waals surface area contributed by atoms with Crippen molar-refractivity contribution in [1.29, 1.82) is 0 Å². The average molecular weight is 279 g/mol. The molecule has 0 radical (unpaired) electrons. The molecule has 1 aromatic heterocycles. The Bertz CT molecular complexity index is 414. The topological polar surface area (TPSA) is 67.1 Å². The Morgan fingerprint density at radius 3 is 2.68 bits per heavy atom. The molecule has 2 heterocycles. The van der Waals surface area contributed by atoms with Gasteiger partial charge >= 0.3 is 0 Å². The quantitative estimate of drug-likeness (QED) is 0.794. The highest BCUT2D eigenvalue weighted by molar-refractivity contribution is 7.80. The summed E-state index contributed by atoms with van der Waals surface area (Å²) in [6, 6.07) is 0.350. The zero-order valence-electron chi connectivity index (χ0n) is 11.3. The molecule has 0 bridgehead atoms. The molecule has 1 aliphatic rings. The maximum absolute atomic E-state index is 5.49. The number of nitrogens with zero attached hydrogens (tertiary/aromatic N) is 3. The van der Waals surface area contributed by atoms with E-state index in [0.29, 0.717) is 11.7 Å². The fourth-order valence-electron chi connectivity index (χ4n) is 2.36. The molecule has 1 fully saturated rings. The number of nitrogens with two attached hydrogens (primary N) is 1. The van der Waals surface area contributed by atoms with Gasteiger partial charge < -0.3 is 16.0 Å². The minimum Gasteiger partial charge on any atom is -0.388 e. The molecule has 0 amide bonds. The fraction of sp³-hybridized carbons (Fsp3) is 0.615. The van der Waals surface area contributed by atoms with Crippen LogP contribution in [0.5, 0.6) is 0 Å². The summed E-state index contributed by atoms with van der Waals surface area (Å²) in [7, 11) is 0. The molecule has 2 rings (SSSR count). The van der Waals surface area contributed by atoms with Crippen molar-refractivity contribution >= 4 is 23.0 Å². The Balaban J connectivity index is 1.83. The van der Waals surface area contributed by atoms with Crippen LogP contribution in [-0.2, 0) is 0 Å². The summed E-state index contributed by atoms with van der Waals surface area (Å²) >= 11 is 4.85. The smallest absolute Gasteiger partial charge is 0.144 e. The molecule has 3 N–H and O–H groups in total. The lowest BCUT2D eigenvalue weighted by atomic mass is 10.1. The van der Waals surface area contributed by atoms with E-state index in [-0.39, 0.29) is 4.99 Å². The van der Waals surface area contributed by atoms with E-state index in [1.54, 1.807) is 12.4 Å². The van der Waals surface area contributed by atoms with Crippen LogP contribution < -0.4 is 11.1 Å². The van der Waals surface area contributed by atoms with Crippen LogP contribution >= 0.6 is 12.2 Å². The van der Waals surface area contributed by atoms with Crippen LogP contribution in [0.3, 0.4) is 0 Å². The first-order chi connectivity index (χ1) is 9.15. The van der Waals surface area contributed by atoms with Crippen molar-refractivity contribution < 1.29 is 0 Å². The van der Waals surface area contributed by atoms with Crippen LogP contribution in [0.4, 0.5) is 5.82 Å². The molecule has 1 aliphatic heterocycles. The number of hydrogen-bond donors (Lipinski definition) is 2. The number of anilines is 1. The van der Waals surface area contributed by atoms with E-state index in [1.807, 2.05) is 0 Å². The first-order valence-corrected chi connectivity index (χ1v) is 7.16. The van der Waals surface area contributed by atoms with Crippen LogP contribution in [0.1, 0.15) is 31.9 Å². The molecule has 1 aromatic rings. The fourth-order valence-corrected chi connectivity index (χ4v) is 2.46. The average Bonchev–Trinajstić information content (AvgIpc) is 2.40. The molecule has 19 heavy (non-hydrogen) atoms. The summed E-state index contributed by atoms with van der Waals surface area (Å²) in [5.41, 5.74) is 6.05. The number of aromatic nitrogens is 2. The number of thiocarbonyl (C=S) groups is 1. The van der Waals surface area contributed by atoms with Gasteiger partial charge in [-0.05, 0) is 32.9 Å². The van der Waals surface area contributed by atoms with E-state index in [1.165, 1.54) is 32.4 Å². The summed E-state index contributed by atoms with van der Waals surface area (Å²) in [5.74, 6) is 0.768. The number of rotatable bonds is 5. The predicted molar refractivity (Wildman–Crippen MR) is 81.3 cm³/mol. The third-order valence-electron chi connectivity index (χ3n) is 3.28. The van der Waals surface area contributed by atoms with E-state index in [9.17, 15) is 0 Å². The van der Waals surface area contributed by atoms with Crippen molar-refractivity contribution in [1.82, 2.24) is 14.9 Å². The van der Waals surface area contributed by atoms with E-state index in [0.717, 1.165) is 12.4 Å². The molecule has 0 spiro atoms. The third kappa shape index (κ3) is 4.40. The maximum Gasteiger partial charge on any atom is 0.144 e. The molecule has 1 atom stereocenters. The molecule has 5 nitrogen and oxygen atoms in total. The summed E-state index contributed by atoms with van der Waals surface area (Å²) in [5, 5.41) is 3.36.